The van der Waals surface area contributed by atoms with Gasteiger partial charge in [0.2, 0.25) is 0 Å². The van der Waals surface area contributed by atoms with E-state index in [1.165, 1.54) is 43.6 Å². The van der Waals surface area contributed by atoms with Gasteiger partial charge in [-0.2, -0.15) is 0 Å². The van der Waals surface area contributed by atoms with Crippen molar-refractivity contribution in [1.29, 1.82) is 0 Å². The Labute approximate surface area is 245 Å². The van der Waals surface area contributed by atoms with E-state index in [0.717, 1.165) is 38.7 Å². The lowest BCUT2D eigenvalue weighted by molar-refractivity contribution is 1.16. The molecule has 200 valence electrons. The molecule has 0 unspecified atom stereocenters. The molecular weight excluding hydrogens is 526 g/mol. The molecule has 5 aromatic carbocycles. The van der Waals surface area contributed by atoms with Crippen molar-refractivity contribution in [2.75, 3.05) is 0 Å². The van der Waals surface area contributed by atoms with E-state index in [4.69, 9.17) is 4.98 Å². The third-order valence-electron chi connectivity index (χ3n) is 8.96. The largest absolute Gasteiger partial charge is 0.309 e. The van der Waals surface area contributed by atoms with Gasteiger partial charge in [-0.15, -0.1) is 0 Å². The first-order chi connectivity index (χ1) is 21.3. The highest BCUT2D eigenvalue weighted by atomic mass is 15.0. The standard InChI is InChI=1S/C38H23N5/c1-3-9-24(10-4-1)42-33-14-8-7-13-26(33)28-19-29-30-20-34-31(32-23-39-16-15-27(32)38-40-17-18-41(34)38)21-35(30)43(37(29)22-36(28)42)25-11-5-2-6-12-25/h1-23H. The molecule has 0 aliphatic carbocycles. The fourth-order valence-electron chi connectivity index (χ4n) is 7.14. The number of imidazole rings is 1. The van der Waals surface area contributed by atoms with Gasteiger partial charge in [0.15, 0.2) is 0 Å². The Kier molecular flexibility index (Phi) is 4.39. The molecular formula is C38H23N5. The first-order valence-corrected chi connectivity index (χ1v) is 14.5. The maximum absolute atomic E-state index is 4.73. The molecule has 5 nitrogen and oxygen atoms in total. The summed E-state index contributed by atoms with van der Waals surface area (Å²) in [4.78, 5) is 9.23. The van der Waals surface area contributed by atoms with Crippen LogP contribution in [-0.4, -0.2) is 23.5 Å². The number of para-hydroxylation sites is 3. The van der Waals surface area contributed by atoms with Gasteiger partial charge in [-0.25, -0.2) is 4.98 Å². The van der Waals surface area contributed by atoms with E-state index in [-0.39, 0.29) is 0 Å². The summed E-state index contributed by atoms with van der Waals surface area (Å²) in [5.41, 5.74) is 9.10. The first-order valence-electron chi connectivity index (χ1n) is 14.5. The zero-order valence-corrected chi connectivity index (χ0v) is 23.0. The van der Waals surface area contributed by atoms with Gasteiger partial charge in [-0.3, -0.25) is 9.38 Å². The van der Waals surface area contributed by atoms with Crippen LogP contribution >= 0.6 is 0 Å². The third-order valence-corrected chi connectivity index (χ3v) is 8.96. The predicted octanol–water partition coefficient (Wildman–Crippen LogP) is 9.23. The van der Waals surface area contributed by atoms with Crippen molar-refractivity contribution in [2.45, 2.75) is 0 Å². The number of pyridine rings is 2. The van der Waals surface area contributed by atoms with Crippen molar-refractivity contribution >= 4 is 70.9 Å². The van der Waals surface area contributed by atoms with Crippen LogP contribution in [0.2, 0.25) is 0 Å². The van der Waals surface area contributed by atoms with Gasteiger partial charge in [0.1, 0.15) is 5.65 Å². The van der Waals surface area contributed by atoms with E-state index in [9.17, 15) is 0 Å². The van der Waals surface area contributed by atoms with E-state index >= 15 is 0 Å². The van der Waals surface area contributed by atoms with Crippen LogP contribution in [0.15, 0.2) is 140 Å². The van der Waals surface area contributed by atoms with Crippen molar-refractivity contribution < 1.29 is 0 Å². The summed E-state index contributed by atoms with van der Waals surface area (Å²) in [5, 5.41) is 8.29. The maximum atomic E-state index is 4.73. The predicted molar refractivity (Wildman–Crippen MR) is 177 cm³/mol. The van der Waals surface area contributed by atoms with Crippen LogP contribution < -0.4 is 0 Å². The monoisotopic (exact) mass is 549 g/mol. The minimum absolute atomic E-state index is 0.948. The van der Waals surface area contributed by atoms with Crippen LogP contribution in [0.5, 0.6) is 0 Å². The fraction of sp³-hybridized carbons (Fsp3) is 0. The van der Waals surface area contributed by atoms with Gasteiger partial charge >= 0.3 is 0 Å². The average Bonchev–Trinajstić information content (AvgIpc) is 3.77. The van der Waals surface area contributed by atoms with Crippen molar-refractivity contribution in [1.82, 2.24) is 23.5 Å². The zero-order chi connectivity index (χ0) is 28.1. The molecule has 0 aliphatic heterocycles. The highest BCUT2D eigenvalue weighted by Gasteiger charge is 2.20. The quantitative estimate of drug-likeness (QED) is 0.202. The minimum atomic E-state index is 0.948. The highest BCUT2D eigenvalue weighted by Crippen LogP contribution is 2.41. The normalized spacial score (nSPS) is 12.2. The molecule has 5 heterocycles. The second-order valence-corrected chi connectivity index (χ2v) is 11.2. The second-order valence-electron chi connectivity index (χ2n) is 11.2. The molecule has 0 bridgehead atoms. The van der Waals surface area contributed by atoms with Crippen molar-refractivity contribution in [3.05, 3.63) is 140 Å². The molecule has 0 amide bonds. The molecule has 0 spiro atoms. The van der Waals surface area contributed by atoms with E-state index in [0.29, 0.717) is 0 Å². The van der Waals surface area contributed by atoms with Crippen molar-refractivity contribution in [3.8, 4) is 11.4 Å². The Morgan fingerprint density at radius 2 is 1.02 bits per heavy atom. The molecule has 10 aromatic rings. The molecule has 10 rings (SSSR count). The molecule has 0 fully saturated rings. The number of fused-ring (bicyclic) bond motifs is 12. The molecule has 0 saturated carbocycles. The molecule has 0 saturated heterocycles. The zero-order valence-electron chi connectivity index (χ0n) is 23.0. The van der Waals surface area contributed by atoms with Crippen molar-refractivity contribution in [3.63, 3.8) is 0 Å². The Bertz CT molecular complexity index is 2710. The number of rotatable bonds is 2. The van der Waals surface area contributed by atoms with Gasteiger partial charge in [0.05, 0.1) is 27.6 Å². The van der Waals surface area contributed by atoms with E-state index in [2.05, 4.69) is 140 Å². The van der Waals surface area contributed by atoms with Crippen LogP contribution in [0.4, 0.5) is 0 Å². The van der Waals surface area contributed by atoms with Gasteiger partial charge in [0, 0.05) is 73.9 Å². The first kappa shape index (κ1) is 22.7. The van der Waals surface area contributed by atoms with Crippen LogP contribution in [0, 0.1) is 0 Å². The Balaban J connectivity index is 1.45. The van der Waals surface area contributed by atoms with Crippen LogP contribution in [0.1, 0.15) is 0 Å². The average molecular weight is 550 g/mol. The number of aromatic nitrogens is 5. The SMILES string of the molecule is c1ccc(-n2c3ccccc3c3cc4c5cc6c(cc5n(-c5ccccc5)c4cc32)c2cnccc2c2nccn62)cc1. The summed E-state index contributed by atoms with van der Waals surface area (Å²) in [6, 6.07) is 41.6. The number of nitrogens with zero attached hydrogens (tertiary/aromatic N) is 5. The number of hydrogen-bond donors (Lipinski definition) is 0. The molecule has 0 radical (unpaired) electrons. The summed E-state index contributed by atoms with van der Waals surface area (Å²) < 4.78 is 7.02. The molecule has 5 aromatic heterocycles. The lowest BCUT2D eigenvalue weighted by Gasteiger charge is -2.11. The smallest absolute Gasteiger partial charge is 0.145 e. The molecule has 5 heteroatoms. The lowest BCUT2D eigenvalue weighted by atomic mass is 10.0. The van der Waals surface area contributed by atoms with Crippen LogP contribution in [-0.2, 0) is 0 Å². The van der Waals surface area contributed by atoms with E-state index in [1.807, 2.05) is 18.6 Å². The maximum Gasteiger partial charge on any atom is 0.145 e. The molecule has 0 atom stereocenters. The molecule has 0 aliphatic rings. The van der Waals surface area contributed by atoms with Gasteiger partial charge in [-0.05, 0) is 60.7 Å². The van der Waals surface area contributed by atoms with Gasteiger partial charge in [-0.1, -0.05) is 54.6 Å². The molecule has 0 N–H and O–H groups in total. The third kappa shape index (κ3) is 3.00. The number of benzene rings is 5. The van der Waals surface area contributed by atoms with Crippen LogP contribution in [0.3, 0.4) is 0 Å². The van der Waals surface area contributed by atoms with E-state index < -0.39 is 0 Å². The fourth-order valence-corrected chi connectivity index (χ4v) is 7.14. The summed E-state index contributed by atoms with van der Waals surface area (Å²) in [5.74, 6) is 0. The summed E-state index contributed by atoms with van der Waals surface area (Å²) >= 11 is 0. The van der Waals surface area contributed by atoms with Gasteiger partial charge < -0.3 is 9.13 Å². The topological polar surface area (TPSA) is 40.0 Å². The summed E-state index contributed by atoms with van der Waals surface area (Å²) in [6.45, 7) is 0. The van der Waals surface area contributed by atoms with Gasteiger partial charge in [0.25, 0.3) is 0 Å². The second kappa shape index (κ2) is 8.30. The molecule has 43 heavy (non-hydrogen) atoms. The summed E-state index contributed by atoms with van der Waals surface area (Å²) in [7, 11) is 0. The summed E-state index contributed by atoms with van der Waals surface area (Å²) in [6.07, 6.45) is 7.76. The Morgan fingerprint density at radius 1 is 0.419 bits per heavy atom. The lowest BCUT2D eigenvalue weighted by Crippen LogP contribution is -1.96. The van der Waals surface area contributed by atoms with Crippen LogP contribution in [0.25, 0.3) is 82.3 Å². The Morgan fingerprint density at radius 3 is 1.81 bits per heavy atom. The number of hydrogen-bond acceptors (Lipinski definition) is 2. The van der Waals surface area contributed by atoms with Crippen molar-refractivity contribution in [2.24, 2.45) is 0 Å². The van der Waals surface area contributed by atoms with E-state index in [1.54, 1.807) is 0 Å². The minimum Gasteiger partial charge on any atom is -0.309 e. The Hall–Kier alpha value is -5.94. The highest BCUT2D eigenvalue weighted by molar-refractivity contribution is 6.23.